The third-order valence-electron chi connectivity index (χ3n) is 4.56. The Hall–Kier alpha value is -3.48. The van der Waals surface area contributed by atoms with Gasteiger partial charge in [0.25, 0.3) is 11.8 Å². The van der Waals surface area contributed by atoms with Crippen LogP contribution in [0.2, 0.25) is 0 Å². The molecule has 0 radical (unpaired) electrons. The lowest BCUT2D eigenvalue weighted by Gasteiger charge is -2.26. The Kier molecular flexibility index (Phi) is 6.73. The predicted molar refractivity (Wildman–Crippen MR) is 105 cm³/mol. The molecule has 7 heteroatoms. The van der Waals surface area contributed by atoms with Gasteiger partial charge in [0.15, 0.2) is 6.61 Å². The van der Waals surface area contributed by atoms with Crippen LogP contribution in [-0.4, -0.2) is 48.9 Å². The number of esters is 1. The summed E-state index contributed by atoms with van der Waals surface area (Å²) in [5, 5.41) is 2.38. The number of nitrogens with zero attached hydrogens (tertiary/aromatic N) is 1. The molecule has 6 nitrogen and oxygen atoms in total. The standard InChI is InChI=1S/C22H21FN2O4/c23-19-8-6-18(7-9-19)22(28)24-14-21(27)29-15-20(26)25-12-10-17(11-13-25)16-4-2-1-3-5-16/h1-10H,11-15H2,(H,24,28). The molecule has 1 aliphatic rings. The predicted octanol–water partition coefficient (Wildman–Crippen LogP) is 2.41. The number of ether oxygens (including phenoxy) is 1. The van der Waals surface area contributed by atoms with Crippen LogP contribution in [0, 0.1) is 5.82 Å². The summed E-state index contributed by atoms with van der Waals surface area (Å²) in [4.78, 5) is 37.5. The molecule has 3 rings (SSSR count). The van der Waals surface area contributed by atoms with Gasteiger partial charge in [0.2, 0.25) is 0 Å². The summed E-state index contributed by atoms with van der Waals surface area (Å²) in [5.74, 6) is -1.98. The van der Waals surface area contributed by atoms with E-state index in [1.165, 1.54) is 17.7 Å². The Morgan fingerprint density at radius 2 is 1.76 bits per heavy atom. The second-order valence-electron chi connectivity index (χ2n) is 6.54. The number of carbonyl (C=O) groups is 3. The minimum Gasteiger partial charge on any atom is -0.454 e. The fourth-order valence-electron chi connectivity index (χ4n) is 2.95. The quantitative estimate of drug-likeness (QED) is 0.761. The average Bonchev–Trinajstić information content (AvgIpc) is 2.77. The zero-order valence-corrected chi connectivity index (χ0v) is 15.8. The molecule has 0 saturated heterocycles. The van der Waals surface area contributed by atoms with E-state index in [0.717, 1.165) is 24.1 Å². The molecule has 1 aliphatic heterocycles. The largest absolute Gasteiger partial charge is 0.454 e. The number of benzene rings is 2. The minimum absolute atomic E-state index is 0.226. The molecule has 0 saturated carbocycles. The van der Waals surface area contributed by atoms with Crippen LogP contribution in [0.1, 0.15) is 22.3 Å². The van der Waals surface area contributed by atoms with Crippen molar-refractivity contribution >= 4 is 23.4 Å². The number of hydrogen-bond acceptors (Lipinski definition) is 4. The Balaban J connectivity index is 1.40. The van der Waals surface area contributed by atoms with Crippen LogP contribution in [-0.2, 0) is 14.3 Å². The first-order valence-corrected chi connectivity index (χ1v) is 9.24. The van der Waals surface area contributed by atoms with Gasteiger partial charge in [-0.2, -0.15) is 0 Å². The summed E-state index contributed by atoms with van der Waals surface area (Å²) in [7, 11) is 0. The molecule has 0 unspecified atom stereocenters. The van der Waals surface area contributed by atoms with Crippen LogP contribution in [0.3, 0.4) is 0 Å². The number of hydrogen-bond donors (Lipinski definition) is 1. The highest BCUT2D eigenvalue weighted by molar-refractivity contribution is 5.96. The van der Waals surface area contributed by atoms with Gasteiger partial charge in [-0.05, 0) is 41.8 Å². The van der Waals surface area contributed by atoms with Crippen molar-refractivity contribution in [3.05, 3.63) is 77.6 Å². The van der Waals surface area contributed by atoms with Crippen LogP contribution in [0.15, 0.2) is 60.7 Å². The molecule has 29 heavy (non-hydrogen) atoms. The van der Waals surface area contributed by atoms with E-state index >= 15 is 0 Å². The van der Waals surface area contributed by atoms with Gasteiger partial charge < -0.3 is 15.0 Å². The normalized spacial score (nSPS) is 13.4. The molecule has 0 spiro atoms. The van der Waals surface area contributed by atoms with Gasteiger partial charge in [0, 0.05) is 18.7 Å². The van der Waals surface area contributed by atoms with Crippen molar-refractivity contribution in [2.45, 2.75) is 6.42 Å². The summed E-state index contributed by atoms with van der Waals surface area (Å²) in [6.45, 7) is 0.266. The number of amides is 2. The lowest BCUT2D eigenvalue weighted by atomic mass is 10.00. The average molecular weight is 396 g/mol. The van der Waals surface area contributed by atoms with Crippen molar-refractivity contribution in [2.24, 2.45) is 0 Å². The molecule has 0 fully saturated rings. The van der Waals surface area contributed by atoms with E-state index in [1.807, 2.05) is 36.4 Å². The molecule has 0 aliphatic carbocycles. The summed E-state index contributed by atoms with van der Waals surface area (Å²) in [5.41, 5.74) is 2.56. The van der Waals surface area contributed by atoms with E-state index < -0.39 is 17.7 Å². The summed E-state index contributed by atoms with van der Waals surface area (Å²) in [6, 6.07) is 14.9. The van der Waals surface area contributed by atoms with Crippen molar-refractivity contribution in [3.63, 3.8) is 0 Å². The Labute approximate surface area is 168 Å². The molecule has 0 atom stereocenters. The van der Waals surface area contributed by atoms with E-state index in [-0.39, 0.29) is 24.6 Å². The van der Waals surface area contributed by atoms with Gasteiger partial charge in [0.1, 0.15) is 12.4 Å². The van der Waals surface area contributed by atoms with Crippen molar-refractivity contribution in [2.75, 3.05) is 26.2 Å². The van der Waals surface area contributed by atoms with Gasteiger partial charge in [-0.3, -0.25) is 14.4 Å². The van der Waals surface area contributed by atoms with E-state index in [9.17, 15) is 18.8 Å². The monoisotopic (exact) mass is 396 g/mol. The minimum atomic E-state index is -0.716. The Morgan fingerprint density at radius 3 is 2.41 bits per heavy atom. The first-order valence-electron chi connectivity index (χ1n) is 9.24. The second-order valence-corrected chi connectivity index (χ2v) is 6.54. The highest BCUT2D eigenvalue weighted by atomic mass is 19.1. The van der Waals surface area contributed by atoms with Crippen molar-refractivity contribution in [1.29, 1.82) is 0 Å². The molecular weight excluding hydrogens is 375 g/mol. The van der Waals surface area contributed by atoms with Crippen LogP contribution in [0.5, 0.6) is 0 Å². The fraction of sp³-hybridized carbons (Fsp3) is 0.227. The topological polar surface area (TPSA) is 75.7 Å². The maximum absolute atomic E-state index is 12.9. The number of rotatable bonds is 6. The molecule has 2 aromatic rings. The Bertz CT molecular complexity index is 910. The highest BCUT2D eigenvalue weighted by Crippen LogP contribution is 2.21. The first kappa shape index (κ1) is 20.3. The zero-order valence-electron chi connectivity index (χ0n) is 15.8. The molecule has 0 aromatic heterocycles. The molecule has 2 amide bonds. The maximum Gasteiger partial charge on any atom is 0.325 e. The van der Waals surface area contributed by atoms with E-state index in [2.05, 4.69) is 5.32 Å². The number of carbonyl (C=O) groups excluding carboxylic acids is 3. The Morgan fingerprint density at radius 1 is 1.03 bits per heavy atom. The second kappa shape index (κ2) is 9.64. The van der Waals surface area contributed by atoms with Crippen LogP contribution < -0.4 is 5.32 Å². The van der Waals surface area contributed by atoms with E-state index in [0.29, 0.717) is 13.1 Å². The SMILES string of the molecule is O=C(CNC(=O)c1ccc(F)cc1)OCC(=O)N1CC=C(c2ccccc2)CC1. The lowest BCUT2D eigenvalue weighted by molar-refractivity contribution is -0.151. The summed E-state index contributed by atoms with van der Waals surface area (Å²) < 4.78 is 17.8. The van der Waals surface area contributed by atoms with Crippen molar-refractivity contribution in [3.8, 4) is 0 Å². The number of halogens is 1. The van der Waals surface area contributed by atoms with Crippen molar-refractivity contribution < 1.29 is 23.5 Å². The van der Waals surface area contributed by atoms with Crippen LogP contribution >= 0.6 is 0 Å². The van der Waals surface area contributed by atoms with Gasteiger partial charge in [-0.1, -0.05) is 36.4 Å². The van der Waals surface area contributed by atoms with Crippen LogP contribution in [0.25, 0.3) is 5.57 Å². The molecule has 2 aromatic carbocycles. The van der Waals surface area contributed by atoms with Gasteiger partial charge >= 0.3 is 5.97 Å². The molecular formula is C22H21FN2O4. The fourth-order valence-corrected chi connectivity index (χ4v) is 2.95. The third-order valence-corrected chi connectivity index (χ3v) is 4.56. The molecule has 1 heterocycles. The highest BCUT2D eigenvalue weighted by Gasteiger charge is 2.19. The van der Waals surface area contributed by atoms with Gasteiger partial charge in [0.05, 0.1) is 0 Å². The van der Waals surface area contributed by atoms with Crippen molar-refractivity contribution in [1.82, 2.24) is 10.2 Å². The molecule has 150 valence electrons. The zero-order chi connectivity index (χ0) is 20.6. The number of nitrogens with one attached hydrogen (secondary N) is 1. The van der Waals surface area contributed by atoms with E-state index in [4.69, 9.17) is 4.74 Å². The summed E-state index contributed by atoms with van der Waals surface area (Å²) in [6.07, 6.45) is 2.74. The first-order chi connectivity index (χ1) is 14.0. The molecule has 0 bridgehead atoms. The van der Waals surface area contributed by atoms with Crippen LogP contribution in [0.4, 0.5) is 4.39 Å². The smallest absolute Gasteiger partial charge is 0.325 e. The maximum atomic E-state index is 12.9. The van der Waals surface area contributed by atoms with Gasteiger partial charge in [-0.15, -0.1) is 0 Å². The summed E-state index contributed by atoms with van der Waals surface area (Å²) >= 11 is 0. The van der Waals surface area contributed by atoms with E-state index in [1.54, 1.807) is 4.90 Å². The lowest BCUT2D eigenvalue weighted by Crippen LogP contribution is -2.38. The molecule has 1 N–H and O–H groups in total. The third kappa shape index (κ3) is 5.75. The van der Waals surface area contributed by atoms with Gasteiger partial charge in [-0.25, -0.2) is 4.39 Å².